The summed E-state index contributed by atoms with van der Waals surface area (Å²) in [6.07, 6.45) is 4.37. The van der Waals surface area contributed by atoms with Crippen LogP contribution in [0.1, 0.15) is 30.6 Å². The first kappa shape index (κ1) is 18.2. The van der Waals surface area contributed by atoms with Gasteiger partial charge in [0.05, 0.1) is 6.42 Å². The van der Waals surface area contributed by atoms with Crippen molar-refractivity contribution in [3.63, 3.8) is 0 Å². The third kappa shape index (κ3) is 3.67. The van der Waals surface area contributed by atoms with E-state index in [1.807, 2.05) is 20.1 Å². The fourth-order valence-electron chi connectivity index (χ4n) is 2.75. The normalized spacial score (nSPS) is 17.8. The number of carbonyl (C=O) groups excluding carboxylic acids is 2. The molecule has 0 saturated carbocycles. The molecule has 0 aliphatic carbocycles. The molecule has 6 nitrogen and oxygen atoms in total. The summed E-state index contributed by atoms with van der Waals surface area (Å²) in [5, 5.41) is 8.69. The van der Waals surface area contributed by atoms with Crippen molar-refractivity contribution in [2.24, 2.45) is 5.92 Å². The van der Waals surface area contributed by atoms with E-state index in [0.29, 0.717) is 12.1 Å². The number of thioether (sulfide) groups is 1. The summed E-state index contributed by atoms with van der Waals surface area (Å²) in [5.41, 5.74) is 0.771. The maximum atomic E-state index is 12.9. The molecule has 0 aromatic carbocycles. The van der Waals surface area contributed by atoms with Crippen molar-refractivity contribution in [1.82, 2.24) is 9.88 Å². The molecule has 0 bridgehead atoms. The molecule has 1 aliphatic heterocycles. The van der Waals surface area contributed by atoms with E-state index >= 15 is 0 Å². The van der Waals surface area contributed by atoms with Crippen LogP contribution in [0, 0.1) is 5.92 Å². The summed E-state index contributed by atoms with van der Waals surface area (Å²) in [6, 6.07) is 3.14. The summed E-state index contributed by atoms with van der Waals surface area (Å²) in [6.45, 7) is 4.43. The fraction of sp³-hybridized carbons (Fsp3) is 0.412. The van der Waals surface area contributed by atoms with Crippen LogP contribution >= 0.6 is 11.8 Å². The Balaban J connectivity index is 2.50. The van der Waals surface area contributed by atoms with Gasteiger partial charge in [-0.1, -0.05) is 13.8 Å². The van der Waals surface area contributed by atoms with E-state index in [-0.39, 0.29) is 28.8 Å². The molecular formula is C17H20N2O4S. The van der Waals surface area contributed by atoms with E-state index in [2.05, 4.69) is 4.98 Å². The van der Waals surface area contributed by atoms with Gasteiger partial charge in [0, 0.05) is 35.6 Å². The summed E-state index contributed by atoms with van der Waals surface area (Å²) in [7, 11) is 0. The number of ketones is 1. The van der Waals surface area contributed by atoms with Gasteiger partial charge in [-0.05, 0) is 24.3 Å². The number of nitrogens with zero attached hydrogens (tertiary/aromatic N) is 2. The number of carbonyl (C=O) groups is 3. The Bertz CT molecular complexity index is 685. The van der Waals surface area contributed by atoms with Crippen LogP contribution in [-0.4, -0.2) is 50.8 Å². The molecule has 0 unspecified atom stereocenters. The van der Waals surface area contributed by atoms with Crippen LogP contribution in [0.4, 0.5) is 0 Å². The van der Waals surface area contributed by atoms with Crippen LogP contribution < -0.4 is 0 Å². The number of amides is 1. The van der Waals surface area contributed by atoms with Gasteiger partial charge in [0.1, 0.15) is 5.37 Å². The molecule has 0 spiro atoms. The van der Waals surface area contributed by atoms with Crippen LogP contribution in [0.3, 0.4) is 0 Å². The van der Waals surface area contributed by atoms with Crippen molar-refractivity contribution < 1.29 is 19.5 Å². The molecule has 1 aliphatic rings. The first-order valence-corrected chi connectivity index (χ1v) is 8.89. The summed E-state index contributed by atoms with van der Waals surface area (Å²) in [4.78, 5) is 42.3. The van der Waals surface area contributed by atoms with Gasteiger partial charge in [-0.15, -0.1) is 11.8 Å². The zero-order valence-electron chi connectivity index (χ0n) is 13.9. The molecule has 7 heteroatoms. The number of aromatic nitrogens is 1. The second-order valence-corrected chi connectivity index (χ2v) is 6.89. The minimum Gasteiger partial charge on any atom is -0.481 e. The molecule has 1 amide bonds. The van der Waals surface area contributed by atoms with Crippen molar-refractivity contribution in [1.29, 1.82) is 0 Å². The van der Waals surface area contributed by atoms with E-state index in [4.69, 9.17) is 5.11 Å². The van der Waals surface area contributed by atoms with E-state index in [9.17, 15) is 14.4 Å². The van der Waals surface area contributed by atoms with Crippen LogP contribution in [-0.2, 0) is 9.59 Å². The molecular weight excluding hydrogens is 328 g/mol. The lowest BCUT2D eigenvalue weighted by Gasteiger charge is -2.27. The monoisotopic (exact) mass is 348 g/mol. The average Bonchev–Trinajstić information content (AvgIpc) is 2.79. The lowest BCUT2D eigenvalue weighted by Crippen LogP contribution is -2.37. The Hall–Kier alpha value is -2.15. The van der Waals surface area contributed by atoms with Crippen molar-refractivity contribution in [2.45, 2.75) is 25.6 Å². The van der Waals surface area contributed by atoms with Crippen molar-refractivity contribution in [2.75, 3.05) is 12.8 Å². The lowest BCUT2D eigenvalue weighted by atomic mass is 9.99. The number of Topliss-reactive ketones (excluding diaryl/α,β-unsaturated/α-hetero) is 1. The Kier molecular flexibility index (Phi) is 5.77. The second-order valence-electron chi connectivity index (χ2n) is 5.97. The van der Waals surface area contributed by atoms with Crippen LogP contribution in [0.15, 0.2) is 35.7 Å². The third-order valence-corrected chi connectivity index (χ3v) is 4.61. The Labute approximate surface area is 144 Å². The fourth-order valence-corrected chi connectivity index (χ4v) is 3.67. The summed E-state index contributed by atoms with van der Waals surface area (Å²) < 4.78 is 0. The predicted octanol–water partition coefficient (Wildman–Crippen LogP) is 2.22. The molecule has 1 aromatic rings. The Morgan fingerprint density at radius 1 is 1.33 bits per heavy atom. The number of hydrogen-bond acceptors (Lipinski definition) is 5. The van der Waals surface area contributed by atoms with E-state index in [1.54, 1.807) is 17.0 Å². The van der Waals surface area contributed by atoms with Gasteiger partial charge >= 0.3 is 5.97 Å². The number of carboxylic acid groups (broad SMARTS) is 1. The highest BCUT2D eigenvalue weighted by molar-refractivity contribution is 7.99. The van der Waals surface area contributed by atoms with Gasteiger partial charge in [-0.25, -0.2) is 0 Å². The van der Waals surface area contributed by atoms with Gasteiger partial charge in [-0.3, -0.25) is 19.4 Å². The minimum atomic E-state index is -1.12. The van der Waals surface area contributed by atoms with Gasteiger partial charge < -0.3 is 10.0 Å². The number of aliphatic carboxylic acids is 1. The van der Waals surface area contributed by atoms with Gasteiger partial charge in [0.25, 0.3) is 5.91 Å². The lowest BCUT2D eigenvalue weighted by molar-refractivity contribution is -0.137. The second kappa shape index (κ2) is 7.61. The van der Waals surface area contributed by atoms with Crippen LogP contribution in [0.5, 0.6) is 0 Å². The maximum absolute atomic E-state index is 12.9. The molecule has 1 N–H and O–H groups in total. The molecule has 0 saturated heterocycles. The molecule has 2 rings (SSSR count). The zero-order valence-corrected chi connectivity index (χ0v) is 14.7. The summed E-state index contributed by atoms with van der Waals surface area (Å²) in [5.74, 6) is -1.58. The van der Waals surface area contributed by atoms with Crippen molar-refractivity contribution in [3.05, 3.63) is 41.2 Å². The standard InChI is InChI=1S/C17H20N2O4S/c1-10(2)9-19-16(23)12(8-13(20)21)14(17(19)24-3)15(22)11-4-6-18-7-5-11/h4-7,10,17H,8-9H2,1-3H3,(H,20,21)/t17-/m0/s1. The van der Waals surface area contributed by atoms with Crippen LogP contribution in [0.25, 0.3) is 0 Å². The first-order chi connectivity index (χ1) is 11.4. The molecule has 24 heavy (non-hydrogen) atoms. The van der Waals surface area contributed by atoms with Crippen molar-refractivity contribution in [3.8, 4) is 0 Å². The van der Waals surface area contributed by atoms with Crippen molar-refractivity contribution >= 4 is 29.4 Å². The highest BCUT2D eigenvalue weighted by atomic mass is 32.2. The highest BCUT2D eigenvalue weighted by Gasteiger charge is 2.42. The number of hydrogen-bond donors (Lipinski definition) is 1. The predicted molar refractivity (Wildman–Crippen MR) is 91.7 cm³/mol. The van der Waals surface area contributed by atoms with E-state index < -0.39 is 17.8 Å². The van der Waals surface area contributed by atoms with E-state index in [0.717, 1.165) is 0 Å². The number of carboxylic acids is 1. The quantitative estimate of drug-likeness (QED) is 0.760. The highest BCUT2D eigenvalue weighted by Crippen LogP contribution is 2.36. The minimum absolute atomic E-state index is 0.0873. The van der Waals surface area contributed by atoms with Crippen LogP contribution in [0.2, 0.25) is 0 Å². The van der Waals surface area contributed by atoms with Gasteiger partial charge in [-0.2, -0.15) is 0 Å². The van der Waals surface area contributed by atoms with Gasteiger partial charge in [0.15, 0.2) is 5.78 Å². The third-order valence-electron chi connectivity index (χ3n) is 3.67. The molecule has 2 heterocycles. The first-order valence-electron chi connectivity index (χ1n) is 7.60. The molecule has 0 fully saturated rings. The average molecular weight is 348 g/mol. The maximum Gasteiger partial charge on any atom is 0.308 e. The smallest absolute Gasteiger partial charge is 0.308 e. The molecule has 1 aromatic heterocycles. The Morgan fingerprint density at radius 3 is 2.46 bits per heavy atom. The zero-order chi connectivity index (χ0) is 17.9. The summed E-state index contributed by atoms with van der Waals surface area (Å²) >= 11 is 1.37. The number of rotatable bonds is 7. The topological polar surface area (TPSA) is 87.6 Å². The van der Waals surface area contributed by atoms with E-state index in [1.165, 1.54) is 24.2 Å². The largest absolute Gasteiger partial charge is 0.481 e. The molecule has 0 radical (unpaired) electrons. The Morgan fingerprint density at radius 2 is 1.96 bits per heavy atom. The number of pyridine rings is 1. The molecule has 1 atom stereocenters. The SMILES string of the molecule is CS[C@H]1C(C(=O)c2ccncc2)=C(CC(=O)O)C(=O)N1CC(C)C. The van der Waals surface area contributed by atoms with Gasteiger partial charge in [0.2, 0.25) is 0 Å². The molecule has 128 valence electrons.